The van der Waals surface area contributed by atoms with Crippen molar-refractivity contribution in [3.05, 3.63) is 45.1 Å². The zero-order chi connectivity index (χ0) is 14.7. The highest BCUT2D eigenvalue weighted by Crippen LogP contribution is 2.39. The van der Waals surface area contributed by atoms with E-state index in [1.165, 1.54) is 5.56 Å². The van der Waals surface area contributed by atoms with Crippen LogP contribution in [0, 0.1) is 0 Å². The number of thiophene rings is 1. The van der Waals surface area contributed by atoms with Gasteiger partial charge in [-0.05, 0) is 40.6 Å². The van der Waals surface area contributed by atoms with E-state index in [2.05, 4.69) is 29.1 Å². The average molecular weight is 324 g/mol. The van der Waals surface area contributed by atoms with Gasteiger partial charge in [-0.2, -0.15) is 11.3 Å². The summed E-state index contributed by atoms with van der Waals surface area (Å²) in [5, 5.41) is 8.42. The Kier molecular flexibility index (Phi) is 4.68. The maximum Gasteiger partial charge on any atom is 0.162 e. The van der Waals surface area contributed by atoms with Gasteiger partial charge in [0.25, 0.3) is 0 Å². The summed E-state index contributed by atoms with van der Waals surface area (Å²) < 4.78 is 11.5. The van der Waals surface area contributed by atoms with E-state index in [0.717, 1.165) is 30.0 Å². The molecule has 1 aliphatic heterocycles. The van der Waals surface area contributed by atoms with Crippen molar-refractivity contribution >= 4 is 22.9 Å². The number of nitrogens with one attached hydrogen (secondary N) is 1. The first kappa shape index (κ1) is 14.7. The monoisotopic (exact) mass is 323 g/mol. The summed E-state index contributed by atoms with van der Waals surface area (Å²) in [5.74, 6) is 1.52. The van der Waals surface area contributed by atoms with Crippen LogP contribution < -0.4 is 14.8 Å². The van der Waals surface area contributed by atoms with Crippen LogP contribution in [0.4, 0.5) is 0 Å². The molecular formula is C16H18ClNO2S. The standard InChI is InChI=1S/C16H18ClNO2S/c1-2-18-16(11-4-7-21-10-11)12-8-14-15(9-13(12)17)20-6-3-5-19-14/h4,7-10,16,18H,2-3,5-6H2,1H3. The maximum atomic E-state index is 6.49. The fourth-order valence-electron chi connectivity index (χ4n) is 2.47. The van der Waals surface area contributed by atoms with Gasteiger partial charge in [-0.15, -0.1) is 0 Å². The molecule has 0 radical (unpaired) electrons. The van der Waals surface area contributed by atoms with Crippen molar-refractivity contribution in [2.45, 2.75) is 19.4 Å². The van der Waals surface area contributed by atoms with E-state index >= 15 is 0 Å². The van der Waals surface area contributed by atoms with E-state index in [1.54, 1.807) is 11.3 Å². The zero-order valence-electron chi connectivity index (χ0n) is 11.9. The highest BCUT2D eigenvalue weighted by atomic mass is 35.5. The van der Waals surface area contributed by atoms with Gasteiger partial charge in [0.2, 0.25) is 0 Å². The van der Waals surface area contributed by atoms with E-state index in [0.29, 0.717) is 18.2 Å². The van der Waals surface area contributed by atoms with Crippen molar-refractivity contribution in [3.63, 3.8) is 0 Å². The molecule has 112 valence electrons. The molecule has 1 aromatic carbocycles. The van der Waals surface area contributed by atoms with Crippen LogP contribution in [0.1, 0.15) is 30.5 Å². The first-order valence-electron chi connectivity index (χ1n) is 7.14. The summed E-state index contributed by atoms with van der Waals surface area (Å²) in [6, 6.07) is 6.07. The number of fused-ring (bicyclic) bond motifs is 1. The summed E-state index contributed by atoms with van der Waals surface area (Å²) in [6.45, 7) is 4.31. The van der Waals surface area contributed by atoms with Crippen molar-refractivity contribution in [1.29, 1.82) is 0 Å². The minimum atomic E-state index is 0.0749. The molecule has 0 fully saturated rings. The first-order chi connectivity index (χ1) is 10.3. The van der Waals surface area contributed by atoms with Gasteiger partial charge >= 0.3 is 0 Å². The van der Waals surface area contributed by atoms with Crippen molar-refractivity contribution in [1.82, 2.24) is 5.32 Å². The second-order valence-electron chi connectivity index (χ2n) is 4.92. The lowest BCUT2D eigenvalue weighted by atomic mass is 10.0. The fourth-order valence-corrected chi connectivity index (χ4v) is 3.42. The Bertz CT molecular complexity index is 601. The molecule has 0 spiro atoms. The number of rotatable bonds is 4. The summed E-state index contributed by atoms with van der Waals surface area (Å²) in [6.07, 6.45) is 0.892. The largest absolute Gasteiger partial charge is 0.490 e. The predicted molar refractivity (Wildman–Crippen MR) is 86.9 cm³/mol. The van der Waals surface area contributed by atoms with Crippen LogP contribution in [0.2, 0.25) is 5.02 Å². The molecule has 1 aromatic heterocycles. The second-order valence-corrected chi connectivity index (χ2v) is 6.11. The molecule has 2 aromatic rings. The Hall–Kier alpha value is -1.23. The molecule has 21 heavy (non-hydrogen) atoms. The molecule has 3 rings (SSSR count). The van der Waals surface area contributed by atoms with Crippen LogP contribution in [-0.2, 0) is 0 Å². The smallest absolute Gasteiger partial charge is 0.162 e. The lowest BCUT2D eigenvalue weighted by Crippen LogP contribution is -2.22. The van der Waals surface area contributed by atoms with Crippen molar-refractivity contribution in [3.8, 4) is 11.5 Å². The Morgan fingerprint density at radius 2 is 2.05 bits per heavy atom. The van der Waals surface area contributed by atoms with Crippen LogP contribution in [0.15, 0.2) is 29.0 Å². The van der Waals surface area contributed by atoms with Crippen LogP contribution in [0.3, 0.4) is 0 Å². The fraction of sp³-hybridized carbons (Fsp3) is 0.375. The number of ether oxygens (including phenoxy) is 2. The third kappa shape index (κ3) is 3.18. The molecule has 5 heteroatoms. The van der Waals surface area contributed by atoms with E-state index in [9.17, 15) is 0 Å². The van der Waals surface area contributed by atoms with Gasteiger partial charge in [-0.25, -0.2) is 0 Å². The minimum Gasteiger partial charge on any atom is -0.490 e. The highest BCUT2D eigenvalue weighted by Gasteiger charge is 2.21. The number of hydrogen-bond donors (Lipinski definition) is 1. The summed E-state index contributed by atoms with van der Waals surface area (Å²) >= 11 is 8.18. The van der Waals surface area contributed by atoms with Crippen LogP contribution in [0.5, 0.6) is 11.5 Å². The Morgan fingerprint density at radius 3 is 2.71 bits per heavy atom. The summed E-state index contributed by atoms with van der Waals surface area (Å²) in [7, 11) is 0. The van der Waals surface area contributed by atoms with Crippen molar-refractivity contribution in [2.75, 3.05) is 19.8 Å². The Labute approximate surface area is 133 Å². The average Bonchev–Trinajstić information content (AvgIpc) is 2.91. The molecule has 0 aliphatic carbocycles. The second kappa shape index (κ2) is 6.69. The molecule has 1 unspecified atom stereocenters. The van der Waals surface area contributed by atoms with E-state index in [-0.39, 0.29) is 6.04 Å². The minimum absolute atomic E-state index is 0.0749. The molecule has 3 nitrogen and oxygen atoms in total. The highest BCUT2D eigenvalue weighted by molar-refractivity contribution is 7.08. The Morgan fingerprint density at radius 1 is 1.29 bits per heavy atom. The molecule has 0 bridgehead atoms. The van der Waals surface area contributed by atoms with Crippen molar-refractivity contribution in [2.24, 2.45) is 0 Å². The van der Waals surface area contributed by atoms with Crippen LogP contribution in [0.25, 0.3) is 0 Å². The molecule has 0 saturated carbocycles. The quantitative estimate of drug-likeness (QED) is 0.911. The first-order valence-corrected chi connectivity index (χ1v) is 8.46. The number of benzene rings is 1. The van der Waals surface area contributed by atoms with Crippen molar-refractivity contribution < 1.29 is 9.47 Å². The van der Waals surface area contributed by atoms with Gasteiger partial charge in [-0.1, -0.05) is 18.5 Å². The third-order valence-corrected chi connectivity index (χ3v) is 4.49. The van der Waals surface area contributed by atoms with Gasteiger partial charge in [-0.3, -0.25) is 0 Å². The molecule has 1 aliphatic rings. The van der Waals surface area contributed by atoms with E-state index in [1.807, 2.05) is 12.1 Å². The summed E-state index contributed by atoms with van der Waals surface area (Å²) in [4.78, 5) is 0. The van der Waals surface area contributed by atoms with Crippen LogP contribution in [-0.4, -0.2) is 19.8 Å². The van der Waals surface area contributed by atoms with Gasteiger partial charge in [0, 0.05) is 17.5 Å². The lowest BCUT2D eigenvalue weighted by Gasteiger charge is -2.20. The lowest BCUT2D eigenvalue weighted by molar-refractivity contribution is 0.297. The molecule has 1 N–H and O–H groups in total. The molecular weight excluding hydrogens is 306 g/mol. The summed E-state index contributed by atoms with van der Waals surface area (Å²) in [5.41, 5.74) is 2.25. The van der Waals surface area contributed by atoms with E-state index < -0.39 is 0 Å². The molecule has 2 heterocycles. The molecule has 0 amide bonds. The third-order valence-electron chi connectivity index (χ3n) is 3.46. The normalized spacial score (nSPS) is 15.5. The predicted octanol–water partition coefficient (Wildman–Crippen LogP) is 4.26. The topological polar surface area (TPSA) is 30.5 Å². The zero-order valence-corrected chi connectivity index (χ0v) is 13.5. The number of hydrogen-bond acceptors (Lipinski definition) is 4. The maximum absolute atomic E-state index is 6.49. The van der Waals surface area contributed by atoms with Gasteiger partial charge in [0.15, 0.2) is 11.5 Å². The SMILES string of the molecule is CCNC(c1ccsc1)c1cc2c(cc1Cl)OCCCO2. The molecule has 1 atom stereocenters. The van der Waals surface area contributed by atoms with Gasteiger partial charge < -0.3 is 14.8 Å². The van der Waals surface area contributed by atoms with Gasteiger partial charge in [0.1, 0.15) is 0 Å². The van der Waals surface area contributed by atoms with Gasteiger partial charge in [0.05, 0.1) is 19.3 Å². The Balaban J connectivity index is 2.01. The van der Waals surface area contributed by atoms with E-state index in [4.69, 9.17) is 21.1 Å². The molecule has 0 saturated heterocycles. The number of halogens is 1. The van der Waals surface area contributed by atoms with Crippen LogP contribution >= 0.6 is 22.9 Å².